The maximum atomic E-state index is 14.8. The first kappa shape index (κ1) is 70.5. The first-order valence-corrected chi connectivity index (χ1v) is 33.0. The topological polar surface area (TPSA) is 420 Å². The van der Waals surface area contributed by atoms with Crippen LogP contribution >= 0.6 is 0 Å². The first-order chi connectivity index (χ1) is 42.2. The Bertz CT molecular complexity index is 2670. The largest absolute Gasteiger partial charge is 0.462 e. The predicted octanol–water partition coefficient (Wildman–Crippen LogP) is -0.837. The lowest BCUT2D eigenvalue weighted by Gasteiger charge is -2.64. The van der Waals surface area contributed by atoms with Crippen LogP contribution in [0.1, 0.15) is 120 Å². The van der Waals surface area contributed by atoms with Crippen molar-refractivity contribution in [2.24, 2.45) is 45.3 Å². The standard InChI is InChI=1S/C60H96O29S/c1-25(2)12-11-17-59(9)49-32(81-27(4)62)20-58(8)29-13-14-35-56(5,6)36(16-18-57(35,7)28(29)15-19-60(49,58)55(72)88-59)83-53-47(39(67)34(24-79-53)89-90(73,74)75)87-54-48(86-50-40(68)37(65)30(63)22-77-50)41(69)44(26(3)80-54)84-51-42(70)45(31(64)23-78-51)85-52-43(71)46(76-10)38(66)33(21-61)82-52/h13,25-26,28,30-54,61,63-71H,11-12,14-24H2,1-10H3,(H,73,74,75)/t26-,28?,30-,31-,32+,33-,34-,35?,36+,37+,38-,39+,40-,41+,42-,43-,44-,45+,46+,47-,48-,49-,50+,51+,52+,53+,54+,57-,58+,59+,60-/m1/s1. The zero-order valence-electron chi connectivity index (χ0n) is 52.6. The minimum atomic E-state index is -5.26. The number of esters is 2. The fraction of sp³-hybridized carbons (Fsp3) is 0.933. The second-order valence-electron chi connectivity index (χ2n) is 28.4. The average molecular weight is 1310 g/mol. The molecule has 0 aromatic rings. The quantitative estimate of drug-likeness (QED) is 0.0427. The molecule has 31 atom stereocenters. The van der Waals surface area contributed by atoms with Gasteiger partial charge in [0, 0.05) is 19.4 Å². The zero-order valence-corrected chi connectivity index (χ0v) is 53.4. The Hall–Kier alpha value is -2.29. The number of hydrogen-bond donors (Lipinski definition) is 11. The lowest BCUT2D eigenvalue weighted by molar-refractivity contribution is -0.399. The van der Waals surface area contributed by atoms with Gasteiger partial charge < -0.3 is 113 Å². The molecule has 0 aromatic carbocycles. The number of allylic oxidation sites excluding steroid dienone is 2. The molecule has 6 saturated heterocycles. The normalized spacial score (nSPS) is 50.3. The molecule has 11 N–H and O–H groups in total. The molecular formula is C60H96O29S. The summed E-state index contributed by atoms with van der Waals surface area (Å²) in [5.41, 5.74) is -2.36. The number of aliphatic hydroxyl groups is 10. The van der Waals surface area contributed by atoms with E-state index in [9.17, 15) is 73.6 Å². The second kappa shape index (κ2) is 26.6. The Morgan fingerprint density at radius 3 is 1.98 bits per heavy atom. The summed E-state index contributed by atoms with van der Waals surface area (Å²) in [6.45, 7) is 15.2. The fourth-order valence-corrected chi connectivity index (χ4v) is 18.2. The summed E-state index contributed by atoms with van der Waals surface area (Å²) in [7, 11) is -4.06. The second-order valence-corrected chi connectivity index (χ2v) is 29.5. The third kappa shape index (κ3) is 12.6. The molecule has 6 heterocycles. The Balaban J connectivity index is 0.904. The van der Waals surface area contributed by atoms with Gasteiger partial charge in [-0.2, -0.15) is 8.42 Å². The van der Waals surface area contributed by atoms with E-state index in [-0.39, 0.29) is 29.1 Å². The Labute approximate surface area is 523 Å². The van der Waals surface area contributed by atoms with Gasteiger partial charge in [-0.05, 0) is 93.8 Å². The van der Waals surface area contributed by atoms with Gasteiger partial charge in [0.1, 0.15) is 109 Å². The molecule has 29 nitrogen and oxygen atoms in total. The van der Waals surface area contributed by atoms with Crippen LogP contribution in [0.3, 0.4) is 0 Å². The Morgan fingerprint density at radius 2 is 1.32 bits per heavy atom. The van der Waals surface area contributed by atoms with Gasteiger partial charge >= 0.3 is 22.3 Å². The molecule has 30 heteroatoms. The number of ether oxygens (including phenoxy) is 13. The van der Waals surface area contributed by atoms with Crippen molar-refractivity contribution in [2.45, 2.75) is 273 Å². The van der Waals surface area contributed by atoms with Gasteiger partial charge in [0.2, 0.25) is 0 Å². The van der Waals surface area contributed by atoms with Gasteiger partial charge in [-0.1, -0.05) is 59.6 Å². The summed E-state index contributed by atoms with van der Waals surface area (Å²) in [6.07, 6.45) is -30.9. The van der Waals surface area contributed by atoms with Crippen LogP contribution in [-0.4, -0.2) is 263 Å². The van der Waals surface area contributed by atoms with Crippen LogP contribution in [0.5, 0.6) is 0 Å². The van der Waals surface area contributed by atoms with Crippen LogP contribution in [-0.2, 0) is 85.8 Å². The Kier molecular flexibility index (Phi) is 20.8. The molecule has 0 amide bonds. The van der Waals surface area contributed by atoms with E-state index >= 15 is 0 Å². The van der Waals surface area contributed by atoms with E-state index in [1.165, 1.54) is 26.5 Å². The molecular weight excluding hydrogens is 1220 g/mol. The number of fused-ring (bicyclic) bond motifs is 4. The summed E-state index contributed by atoms with van der Waals surface area (Å²) >= 11 is 0. The number of carbonyl (C=O) groups is 2. The zero-order chi connectivity index (χ0) is 65.7. The van der Waals surface area contributed by atoms with E-state index in [0.29, 0.717) is 50.9 Å². The summed E-state index contributed by atoms with van der Waals surface area (Å²) in [5, 5.41) is 111. The molecule has 9 fully saturated rings. The van der Waals surface area contributed by atoms with Crippen LogP contribution in [0.2, 0.25) is 0 Å². The number of aliphatic hydroxyl groups excluding tert-OH is 10. The smallest absolute Gasteiger partial charge is 0.397 e. The van der Waals surface area contributed by atoms with E-state index in [4.69, 9.17) is 65.8 Å². The number of cyclic esters (lactones) is 1. The lowest BCUT2D eigenvalue weighted by Crippen LogP contribution is -2.67. The van der Waals surface area contributed by atoms with E-state index in [2.05, 4.69) is 47.6 Å². The van der Waals surface area contributed by atoms with Gasteiger partial charge in [-0.15, -0.1) is 0 Å². The van der Waals surface area contributed by atoms with Crippen molar-refractivity contribution in [3.8, 4) is 0 Å². The molecule has 10 rings (SSSR count). The Morgan fingerprint density at radius 1 is 0.700 bits per heavy atom. The monoisotopic (exact) mass is 1310 g/mol. The minimum Gasteiger partial charge on any atom is -0.462 e. The van der Waals surface area contributed by atoms with Gasteiger partial charge in [-0.25, -0.2) is 4.18 Å². The van der Waals surface area contributed by atoms with Crippen LogP contribution in [0.15, 0.2) is 11.6 Å². The molecule has 3 saturated carbocycles. The molecule has 0 radical (unpaired) electrons. The fourth-order valence-electron chi connectivity index (χ4n) is 17.7. The van der Waals surface area contributed by atoms with E-state index in [0.717, 1.165) is 12.8 Å². The summed E-state index contributed by atoms with van der Waals surface area (Å²) in [6, 6.07) is 0. The summed E-state index contributed by atoms with van der Waals surface area (Å²) < 4.78 is 118. The van der Waals surface area contributed by atoms with E-state index < -0.39 is 212 Å². The van der Waals surface area contributed by atoms with Crippen molar-refractivity contribution in [3.63, 3.8) is 0 Å². The summed E-state index contributed by atoms with van der Waals surface area (Å²) in [5.74, 6) is -0.620. The lowest BCUT2D eigenvalue weighted by atomic mass is 9.41. The third-order valence-electron chi connectivity index (χ3n) is 22.1. The number of hydrogen-bond acceptors (Lipinski definition) is 28. The van der Waals surface area contributed by atoms with E-state index in [1.807, 2.05) is 6.92 Å². The third-order valence-corrected chi connectivity index (χ3v) is 22.6. The van der Waals surface area contributed by atoms with Crippen LogP contribution in [0.4, 0.5) is 0 Å². The maximum absolute atomic E-state index is 14.8. The van der Waals surface area contributed by atoms with Crippen LogP contribution in [0.25, 0.3) is 0 Å². The predicted molar refractivity (Wildman–Crippen MR) is 302 cm³/mol. The number of carbonyl (C=O) groups excluding carboxylic acids is 2. The van der Waals surface area contributed by atoms with Crippen molar-refractivity contribution >= 4 is 22.3 Å². The van der Waals surface area contributed by atoms with Crippen molar-refractivity contribution < 1.29 is 139 Å². The minimum absolute atomic E-state index is 0.00396. The highest BCUT2D eigenvalue weighted by Gasteiger charge is 2.79. The van der Waals surface area contributed by atoms with Crippen molar-refractivity contribution in [1.82, 2.24) is 0 Å². The average Bonchev–Trinajstić information content (AvgIpc) is 1.45. The highest BCUT2D eigenvalue weighted by molar-refractivity contribution is 7.80. The summed E-state index contributed by atoms with van der Waals surface area (Å²) in [4.78, 5) is 27.6. The highest BCUT2D eigenvalue weighted by atomic mass is 32.3. The first-order valence-electron chi connectivity index (χ1n) is 31.6. The molecule has 516 valence electrons. The van der Waals surface area contributed by atoms with Crippen molar-refractivity contribution in [1.29, 1.82) is 0 Å². The van der Waals surface area contributed by atoms with Crippen molar-refractivity contribution in [2.75, 3.05) is 33.5 Å². The number of rotatable bonds is 19. The molecule has 6 aliphatic heterocycles. The molecule has 90 heavy (non-hydrogen) atoms. The molecule has 4 aliphatic carbocycles. The highest BCUT2D eigenvalue weighted by Crippen LogP contribution is 2.77. The number of methoxy groups -OCH3 is 1. The van der Waals surface area contributed by atoms with Crippen LogP contribution in [0, 0.1) is 45.3 Å². The molecule has 1 spiro atoms. The van der Waals surface area contributed by atoms with Gasteiger partial charge in [0.25, 0.3) is 0 Å². The van der Waals surface area contributed by atoms with E-state index in [1.54, 1.807) is 0 Å². The molecule has 2 unspecified atom stereocenters. The molecule has 10 aliphatic rings. The van der Waals surface area contributed by atoms with Crippen molar-refractivity contribution in [3.05, 3.63) is 11.6 Å². The van der Waals surface area contributed by atoms with Gasteiger partial charge in [0.05, 0.1) is 50.0 Å². The molecule has 0 aromatic heterocycles. The van der Waals surface area contributed by atoms with Gasteiger partial charge in [0.15, 0.2) is 31.5 Å². The SMILES string of the molecule is CO[C@@H]1[C@@H](O)[C@H](O[C@@H]2[C@@H](O)[C@H](O[C@H]3[C@H](O)[C@@H](O[C@@H]4OC[C@@H](O)[C@H](O)[C@H]4O)[C@H](O[C@H]4[C@H](O[C@H]5CC[C@]6(C)C7CC[C@]89C(=O)O[C@@](C)(CCCC(C)C)[C@H]8[C@@H](OC(C)=O)C[C@@]9(C)C7=CCC6C5(C)C)OC[C@@H](OS(=O)(=O)O)[C@@H]4O)O[C@@H]3C)OC[C@H]2O)O[C@H](CO)[C@H]1O. The molecule has 0 bridgehead atoms. The van der Waals surface area contributed by atoms with Gasteiger partial charge in [-0.3, -0.25) is 14.1 Å². The van der Waals surface area contributed by atoms with Crippen LogP contribution < -0.4 is 0 Å². The maximum Gasteiger partial charge on any atom is 0.397 e.